The minimum atomic E-state index is -4.60. The fourth-order valence-corrected chi connectivity index (χ4v) is 2.51. The Morgan fingerprint density at radius 1 is 1.13 bits per heavy atom. The summed E-state index contributed by atoms with van der Waals surface area (Å²) in [7, 11) is 0. The van der Waals surface area contributed by atoms with Gasteiger partial charge in [-0.3, -0.25) is 9.59 Å². The van der Waals surface area contributed by atoms with Crippen molar-refractivity contribution in [3.05, 3.63) is 33.8 Å². The number of carbonyl (C=O) groups excluding carboxylic acids is 2. The maximum atomic E-state index is 13.1. The van der Waals surface area contributed by atoms with Gasteiger partial charge in [0, 0.05) is 4.47 Å². The van der Waals surface area contributed by atoms with Crippen LogP contribution in [0.3, 0.4) is 0 Å². The first-order valence-corrected chi connectivity index (χ1v) is 7.69. The third-order valence-electron chi connectivity index (χ3n) is 2.97. The topological polar surface area (TPSA) is 52.6 Å². The number of rotatable bonds is 6. The Morgan fingerprint density at radius 3 is 2.09 bits per heavy atom. The molecule has 1 aromatic rings. The maximum Gasteiger partial charge on any atom is 0.416 e. The molecule has 0 aliphatic heterocycles. The fourth-order valence-electron chi connectivity index (χ4n) is 1.98. The fraction of sp³-hybridized carbons (Fsp3) is 0.467. The SMILES string of the molecule is CCOC(=O)C(Cc1c(Br)cccc1C(F)(F)F)C(=O)OCC. The summed E-state index contributed by atoms with van der Waals surface area (Å²) < 4.78 is 49.1. The van der Waals surface area contributed by atoms with Gasteiger partial charge in [-0.05, 0) is 38.0 Å². The number of benzene rings is 1. The summed E-state index contributed by atoms with van der Waals surface area (Å²) in [5.41, 5.74) is -1.10. The van der Waals surface area contributed by atoms with Crippen LogP contribution in [0.4, 0.5) is 13.2 Å². The molecule has 0 saturated heterocycles. The Morgan fingerprint density at radius 2 is 1.65 bits per heavy atom. The lowest BCUT2D eigenvalue weighted by molar-refractivity contribution is -0.162. The van der Waals surface area contributed by atoms with E-state index in [1.165, 1.54) is 12.1 Å². The standard InChI is InChI=1S/C15H16BrF3O4/c1-3-22-13(20)10(14(21)23-4-2)8-9-11(15(17,18)19)6-5-7-12(9)16/h5-7,10H,3-4,8H2,1-2H3. The molecule has 0 unspecified atom stereocenters. The zero-order chi connectivity index (χ0) is 17.6. The summed E-state index contributed by atoms with van der Waals surface area (Å²) in [5.74, 6) is -3.26. The van der Waals surface area contributed by atoms with Gasteiger partial charge in [-0.1, -0.05) is 22.0 Å². The Balaban J connectivity index is 3.23. The molecule has 0 atom stereocenters. The Labute approximate surface area is 140 Å². The first-order valence-electron chi connectivity index (χ1n) is 6.90. The van der Waals surface area contributed by atoms with Gasteiger partial charge >= 0.3 is 18.1 Å². The summed E-state index contributed by atoms with van der Waals surface area (Å²) in [6, 6.07) is 3.55. The van der Waals surface area contributed by atoms with Crippen LogP contribution in [0.2, 0.25) is 0 Å². The molecule has 0 radical (unpaired) electrons. The zero-order valence-corrected chi connectivity index (χ0v) is 14.2. The quantitative estimate of drug-likeness (QED) is 0.542. The first-order chi connectivity index (χ1) is 10.7. The molecule has 0 aliphatic rings. The number of esters is 2. The van der Waals surface area contributed by atoms with E-state index in [1.807, 2.05) is 0 Å². The second-order valence-electron chi connectivity index (χ2n) is 4.52. The van der Waals surface area contributed by atoms with Crippen molar-refractivity contribution in [3.63, 3.8) is 0 Å². The number of alkyl halides is 3. The molecule has 1 rings (SSSR count). The van der Waals surface area contributed by atoms with Crippen LogP contribution in [0.5, 0.6) is 0 Å². The monoisotopic (exact) mass is 396 g/mol. The molecule has 0 N–H and O–H groups in total. The third kappa shape index (κ3) is 5.23. The van der Waals surface area contributed by atoms with Crippen LogP contribution in [0.15, 0.2) is 22.7 Å². The molecule has 0 heterocycles. The number of carbonyl (C=O) groups is 2. The average molecular weight is 397 g/mol. The van der Waals surface area contributed by atoms with Crippen molar-refractivity contribution in [2.24, 2.45) is 5.92 Å². The van der Waals surface area contributed by atoms with Crippen LogP contribution >= 0.6 is 15.9 Å². The van der Waals surface area contributed by atoms with Gasteiger partial charge in [0.05, 0.1) is 18.8 Å². The second kappa shape index (κ2) is 8.33. The molecule has 8 heteroatoms. The van der Waals surface area contributed by atoms with E-state index in [4.69, 9.17) is 9.47 Å². The zero-order valence-electron chi connectivity index (χ0n) is 12.6. The van der Waals surface area contributed by atoms with Crippen LogP contribution in [0.1, 0.15) is 25.0 Å². The van der Waals surface area contributed by atoms with Gasteiger partial charge in [-0.25, -0.2) is 0 Å². The molecule has 1 aromatic carbocycles. The van der Waals surface area contributed by atoms with Gasteiger partial charge in [-0.2, -0.15) is 13.2 Å². The number of halogens is 4. The number of hydrogen-bond acceptors (Lipinski definition) is 4. The van der Waals surface area contributed by atoms with Gasteiger partial charge in [0.1, 0.15) is 0 Å². The highest BCUT2D eigenvalue weighted by molar-refractivity contribution is 9.10. The molecule has 128 valence electrons. The van der Waals surface area contributed by atoms with E-state index in [2.05, 4.69) is 15.9 Å². The van der Waals surface area contributed by atoms with E-state index in [-0.39, 0.29) is 23.2 Å². The Hall–Kier alpha value is -1.57. The summed E-state index contributed by atoms with van der Waals surface area (Å²) in [5, 5.41) is 0. The molecule has 0 spiro atoms. The molecule has 0 fully saturated rings. The summed E-state index contributed by atoms with van der Waals surface area (Å²) in [4.78, 5) is 23.8. The van der Waals surface area contributed by atoms with Crippen molar-refractivity contribution in [3.8, 4) is 0 Å². The molecule has 0 bridgehead atoms. The highest BCUT2D eigenvalue weighted by Gasteiger charge is 2.37. The van der Waals surface area contributed by atoms with Crippen molar-refractivity contribution < 1.29 is 32.2 Å². The van der Waals surface area contributed by atoms with E-state index >= 15 is 0 Å². The van der Waals surface area contributed by atoms with Crippen LogP contribution in [0, 0.1) is 5.92 Å². The van der Waals surface area contributed by atoms with Crippen molar-refractivity contribution in [2.45, 2.75) is 26.4 Å². The normalized spacial score (nSPS) is 11.4. The van der Waals surface area contributed by atoms with Crippen LogP contribution < -0.4 is 0 Å². The Bertz CT molecular complexity index is 554. The van der Waals surface area contributed by atoms with Crippen LogP contribution in [-0.4, -0.2) is 25.2 Å². The van der Waals surface area contributed by atoms with Crippen LogP contribution in [0.25, 0.3) is 0 Å². The highest BCUT2D eigenvalue weighted by Crippen LogP contribution is 2.36. The van der Waals surface area contributed by atoms with E-state index in [0.717, 1.165) is 6.07 Å². The molecule has 0 aromatic heterocycles. The molecular weight excluding hydrogens is 381 g/mol. The third-order valence-corrected chi connectivity index (χ3v) is 3.72. The minimum absolute atomic E-state index is 0.0107. The van der Waals surface area contributed by atoms with E-state index < -0.39 is 36.0 Å². The lowest BCUT2D eigenvalue weighted by Crippen LogP contribution is -2.31. The highest BCUT2D eigenvalue weighted by atomic mass is 79.9. The second-order valence-corrected chi connectivity index (χ2v) is 5.38. The smallest absolute Gasteiger partial charge is 0.416 e. The molecule has 4 nitrogen and oxygen atoms in total. The predicted molar refractivity (Wildman–Crippen MR) is 79.6 cm³/mol. The maximum absolute atomic E-state index is 13.1. The van der Waals surface area contributed by atoms with Gasteiger partial charge in [0.15, 0.2) is 5.92 Å². The van der Waals surface area contributed by atoms with Crippen molar-refractivity contribution >= 4 is 27.9 Å². The van der Waals surface area contributed by atoms with E-state index in [1.54, 1.807) is 13.8 Å². The van der Waals surface area contributed by atoms with Gasteiger partial charge in [-0.15, -0.1) is 0 Å². The minimum Gasteiger partial charge on any atom is -0.465 e. The lowest BCUT2D eigenvalue weighted by atomic mass is 9.95. The number of ether oxygens (including phenoxy) is 2. The van der Waals surface area contributed by atoms with Crippen molar-refractivity contribution in [2.75, 3.05) is 13.2 Å². The summed E-state index contributed by atoms with van der Waals surface area (Å²) >= 11 is 3.04. The average Bonchev–Trinajstić information content (AvgIpc) is 2.45. The molecule has 23 heavy (non-hydrogen) atoms. The van der Waals surface area contributed by atoms with E-state index in [9.17, 15) is 22.8 Å². The Kier molecular flexibility index (Phi) is 7.05. The van der Waals surface area contributed by atoms with Crippen LogP contribution in [-0.2, 0) is 31.7 Å². The van der Waals surface area contributed by atoms with Gasteiger partial charge in [0.25, 0.3) is 0 Å². The van der Waals surface area contributed by atoms with E-state index in [0.29, 0.717) is 0 Å². The number of hydrogen-bond donors (Lipinski definition) is 0. The molecule has 0 aliphatic carbocycles. The lowest BCUT2D eigenvalue weighted by Gasteiger charge is -2.18. The van der Waals surface area contributed by atoms with Gasteiger partial charge in [0.2, 0.25) is 0 Å². The summed E-state index contributed by atoms with van der Waals surface area (Å²) in [6.07, 6.45) is -5.07. The molecular formula is C15H16BrF3O4. The van der Waals surface area contributed by atoms with Gasteiger partial charge < -0.3 is 9.47 Å². The summed E-state index contributed by atoms with van der Waals surface area (Å²) in [6.45, 7) is 3.10. The van der Waals surface area contributed by atoms with Crippen molar-refractivity contribution in [1.82, 2.24) is 0 Å². The molecule has 0 amide bonds. The first kappa shape index (κ1) is 19.5. The van der Waals surface area contributed by atoms with Crippen molar-refractivity contribution in [1.29, 1.82) is 0 Å². The molecule has 0 saturated carbocycles. The largest absolute Gasteiger partial charge is 0.465 e. The predicted octanol–water partition coefficient (Wildman–Crippen LogP) is 3.75.